The number of furan rings is 1. The first-order valence-electron chi connectivity index (χ1n) is 9.19. The van der Waals surface area contributed by atoms with Crippen LogP contribution in [0.5, 0.6) is 5.75 Å². The van der Waals surface area contributed by atoms with E-state index in [0.717, 1.165) is 11.8 Å². The molecule has 168 valence electrons. The minimum absolute atomic E-state index is 0.0188. The Labute approximate surface area is 206 Å². The molecule has 2 aromatic heterocycles. The number of rotatable bonds is 7. The molecule has 0 aliphatic rings. The van der Waals surface area contributed by atoms with Gasteiger partial charge in [0.1, 0.15) is 22.2 Å². The molecule has 0 atom stereocenters. The number of hydrogen-bond donors (Lipinski definition) is 1. The maximum atomic E-state index is 11.8. The molecule has 7 nitrogen and oxygen atoms in total. The molecule has 0 spiro atoms. The summed E-state index contributed by atoms with van der Waals surface area (Å²) in [5.74, 6) is 0.159. The van der Waals surface area contributed by atoms with Gasteiger partial charge in [-0.3, -0.25) is 0 Å². The largest absolute Gasteiger partial charge is 0.496 e. The fourth-order valence-electron chi connectivity index (χ4n) is 2.83. The highest BCUT2D eigenvalue weighted by Crippen LogP contribution is 2.36. The van der Waals surface area contributed by atoms with Crippen LogP contribution in [0.2, 0.25) is 15.1 Å². The van der Waals surface area contributed by atoms with Crippen molar-refractivity contribution in [2.45, 2.75) is 5.22 Å². The summed E-state index contributed by atoms with van der Waals surface area (Å²) < 4.78 is 16.7. The first-order chi connectivity index (χ1) is 15.8. The van der Waals surface area contributed by atoms with E-state index in [4.69, 9.17) is 48.4 Å². The number of carboxylic acids is 1. The van der Waals surface area contributed by atoms with Gasteiger partial charge in [0, 0.05) is 21.7 Å². The van der Waals surface area contributed by atoms with E-state index in [9.17, 15) is 9.90 Å². The van der Waals surface area contributed by atoms with E-state index in [0.29, 0.717) is 43.5 Å². The van der Waals surface area contributed by atoms with Gasteiger partial charge in [0.05, 0.1) is 17.7 Å². The fraction of sp³-hybridized carbons (Fsp3) is 0.0455. The second-order valence-corrected chi connectivity index (χ2v) is 8.73. The average molecular weight is 524 g/mol. The summed E-state index contributed by atoms with van der Waals surface area (Å²) in [5, 5.41) is 19.0. The molecule has 0 bridgehead atoms. The molecule has 0 saturated heterocycles. The Hall–Kier alpha value is -2.91. The lowest BCUT2D eigenvalue weighted by atomic mass is 10.2. The number of aromatic nitrogens is 2. The van der Waals surface area contributed by atoms with Crippen LogP contribution in [-0.2, 0) is 4.79 Å². The molecule has 0 radical (unpaired) electrons. The van der Waals surface area contributed by atoms with Crippen molar-refractivity contribution in [2.75, 3.05) is 7.11 Å². The molecule has 4 rings (SSSR count). The van der Waals surface area contributed by atoms with Crippen LogP contribution < -0.4 is 4.74 Å². The quantitative estimate of drug-likeness (QED) is 0.201. The molecular weight excluding hydrogens is 511 g/mol. The summed E-state index contributed by atoms with van der Waals surface area (Å²) in [6.45, 7) is 0. The standard InChI is InChI=1S/C22H13Cl3N2O5S/c1-30-17-6-3-12(24)9-15(17)20-26-27-22(32-20)33-19(21(28)29)10-13-4-7-18(31-13)14-8-11(23)2-5-16(14)25/h2-10H,1H3,(H,28,29)/b19-10-. The number of halogens is 3. The third-order valence-corrected chi connectivity index (χ3v) is 5.95. The van der Waals surface area contributed by atoms with Crippen LogP contribution in [0.1, 0.15) is 5.76 Å². The zero-order chi connectivity index (χ0) is 23.5. The third kappa shape index (κ3) is 5.36. The van der Waals surface area contributed by atoms with Crippen LogP contribution in [0.4, 0.5) is 0 Å². The number of benzene rings is 2. The van der Waals surface area contributed by atoms with E-state index in [2.05, 4.69) is 10.2 Å². The van der Waals surface area contributed by atoms with Gasteiger partial charge in [-0.15, -0.1) is 10.2 Å². The highest BCUT2D eigenvalue weighted by Gasteiger charge is 2.19. The molecule has 33 heavy (non-hydrogen) atoms. The lowest BCUT2D eigenvalue weighted by molar-refractivity contribution is -0.131. The zero-order valence-electron chi connectivity index (χ0n) is 16.7. The summed E-state index contributed by atoms with van der Waals surface area (Å²) in [4.78, 5) is 11.7. The zero-order valence-corrected chi connectivity index (χ0v) is 19.8. The number of hydrogen-bond acceptors (Lipinski definition) is 7. The summed E-state index contributed by atoms with van der Waals surface area (Å²) in [6.07, 6.45) is 1.35. The van der Waals surface area contributed by atoms with Gasteiger partial charge in [0.15, 0.2) is 0 Å². The van der Waals surface area contributed by atoms with Crippen LogP contribution in [0, 0.1) is 0 Å². The first kappa shape index (κ1) is 23.3. The second-order valence-electron chi connectivity index (χ2n) is 6.46. The van der Waals surface area contributed by atoms with E-state index >= 15 is 0 Å². The smallest absolute Gasteiger partial charge is 0.342 e. The monoisotopic (exact) mass is 522 g/mol. The summed E-state index contributed by atoms with van der Waals surface area (Å²) >= 11 is 19.1. The number of aliphatic carboxylic acids is 1. The summed E-state index contributed by atoms with van der Waals surface area (Å²) in [5.41, 5.74) is 1.07. The van der Waals surface area contributed by atoms with Crippen molar-refractivity contribution in [2.24, 2.45) is 0 Å². The molecule has 0 amide bonds. The Morgan fingerprint density at radius 1 is 1.00 bits per heavy atom. The molecule has 11 heteroatoms. The van der Waals surface area contributed by atoms with E-state index in [-0.39, 0.29) is 16.0 Å². The van der Waals surface area contributed by atoms with Crippen molar-refractivity contribution in [1.82, 2.24) is 10.2 Å². The Kier molecular flexibility index (Phi) is 6.99. The van der Waals surface area contributed by atoms with Crippen LogP contribution in [-0.4, -0.2) is 28.4 Å². The van der Waals surface area contributed by atoms with Crippen LogP contribution in [0.15, 0.2) is 67.5 Å². The number of carboxylic acid groups (broad SMARTS) is 1. The van der Waals surface area contributed by atoms with Gasteiger partial charge in [-0.25, -0.2) is 4.79 Å². The average Bonchev–Trinajstić information content (AvgIpc) is 3.44. The minimum Gasteiger partial charge on any atom is -0.496 e. The van der Waals surface area contributed by atoms with Gasteiger partial charge < -0.3 is 18.7 Å². The number of ether oxygens (including phenoxy) is 1. The maximum absolute atomic E-state index is 11.8. The van der Waals surface area contributed by atoms with Crippen LogP contribution in [0.3, 0.4) is 0 Å². The van der Waals surface area contributed by atoms with Crippen molar-refractivity contribution in [3.05, 3.63) is 74.3 Å². The Morgan fingerprint density at radius 2 is 1.73 bits per heavy atom. The second kappa shape index (κ2) is 9.93. The number of methoxy groups -OCH3 is 1. The molecule has 4 aromatic rings. The number of carbonyl (C=O) groups is 1. The molecular formula is C22H13Cl3N2O5S. The van der Waals surface area contributed by atoms with E-state index in [1.807, 2.05) is 0 Å². The molecule has 1 N–H and O–H groups in total. The summed E-state index contributed by atoms with van der Waals surface area (Å²) in [7, 11) is 1.50. The molecule has 0 aliphatic carbocycles. The maximum Gasteiger partial charge on any atom is 0.342 e. The van der Waals surface area contributed by atoms with Gasteiger partial charge >= 0.3 is 5.97 Å². The third-order valence-electron chi connectivity index (χ3n) is 4.30. The van der Waals surface area contributed by atoms with Gasteiger partial charge in [-0.1, -0.05) is 34.8 Å². The van der Waals surface area contributed by atoms with Gasteiger partial charge in [0.2, 0.25) is 0 Å². The minimum atomic E-state index is -1.20. The predicted octanol–water partition coefficient (Wildman–Crippen LogP) is 7.18. The Balaban J connectivity index is 1.60. The highest BCUT2D eigenvalue weighted by molar-refractivity contribution is 8.03. The Morgan fingerprint density at radius 3 is 2.45 bits per heavy atom. The fourth-order valence-corrected chi connectivity index (χ4v) is 4.03. The molecule has 2 aromatic carbocycles. The van der Waals surface area contributed by atoms with E-state index in [1.165, 1.54) is 13.2 Å². The molecule has 0 fully saturated rings. The van der Waals surface area contributed by atoms with Crippen molar-refractivity contribution in [3.8, 4) is 28.5 Å². The van der Waals surface area contributed by atoms with Crippen molar-refractivity contribution >= 4 is 58.6 Å². The van der Waals surface area contributed by atoms with Crippen LogP contribution in [0.25, 0.3) is 28.9 Å². The lowest BCUT2D eigenvalue weighted by Gasteiger charge is -2.04. The molecule has 0 saturated carbocycles. The Bertz CT molecular complexity index is 1370. The predicted molar refractivity (Wildman–Crippen MR) is 127 cm³/mol. The van der Waals surface area contributed by atoms with Gasteiger partial charge in [0.25, 0.3) is 11.1 Å². The lowest BCUT2D eigenvalue weighted by Crippen LogP contribution is -1.96. The van der Waals surface area contributed by atoms with Crippen molar-refractivity contribution in [3.63, 3.8) is 0 Å². The van der Waals surface area contributed by atoms with Gasteiger partial charge in [-0.05, 0) is 60.3 Å². The van der Waals surface area contributed by atoms with Crippen LogP contribution >= 0.6 is 46.6 Å². The van der Waals surface area contributed by atoms with E-state index in [1.54, 1.807) is 48.5 Å². The van der Waals surface area contributed by atoms with E-state index < -0.39 is 5.97 Å². The molecule has 0 aliphatic heterocycles. The normalized spacial score (nSPS) is 11.6. The topological polar surface area (TPSA) is 98.6 Å². The number of thioether (sulfide) groups is 1. The van der Waals surface area contributed by atoms with Gasteiger partial charge in [-0.2, -0.15) is 0 Å². The SMILES string of the molecule is COc1ccc(Cl)cc1-c1nnc(S/C(=C\c2ccc(-c3cc(Cl)ccc3Cl)o2)C(=O)O)o1. The van der Waals surface area contributed by atoms with Crippen molar-refractivity contribution in [1.29, 1.82) is 0 Å². The molecule has 0 unspecified atom stereocenters. The van der Waals surface area contributed by atoms with Crippen molar-refractivity contribution < 1.29 is 23.5 Å². The first-order valence-corrected chi connectivity index (χ1v) is 11.1. The summed E-state index contributed by atoms with van der Waals surface area (Å²) in [6, 6.07) is 13.2. The number of nitrogens with zero attached hydrogens (tertiary/aromatic N) is 2. The highest BCUT2D eigenvalue weighted by atomic mass is 35.5. The molecule has 2 heterocycles.